The average molecular weight is 187 g/mol. The van der Waals surface area contributed by atoms with Gasteiger partial charge in [0, 0.05) is 25.6 Å². The molecule has 0 radical (unpaired) electrons. The predicted molar refractivity (Wildman–Crippen MR) is 54.4 cm³/mol. The van der Waals surface area contributed by atoms with Crippen LogP contribution in [0.15, 0.2) is 0 Å². The topological polar surface area (TPSA) is 58.4 Å². The summed E-state index contributed by atoms with van der Waals surface area (Å²) in [6.07, 6.45) is 1.46. The standard InChI is InChI=1S/C9H21N3O/c1-4-5-11-9(13)6-8(7-10)12(2)3/h8H,4-7,10H2,1-3H3,(H,11,13). The minimum Gasteiger partial charge on any atom is -0.356 e. The summed E-state index contributed by atoms with van der Waals surface area (Å²) in [5, 5.41) is 2.83. The van der Waals surface area contributed by atoms with Crippen molar-refractivity contribution in [2.45, 2.75) is 25.8 Å². The van der Waals surface area contributed by atoms with Crippen LogP contribution in [-0.2, 0) is 4.79 Å². The van der Waals surface area contributed by atoms with Gasteiger partial charge in [0.25, 0.3) is 0 Å². The molecule has 0 heterocycles. The number of hydrogen-bond donors (Lipinski definition) is 2. The lowest BCUT2D eigenvalue weighted by atomic mass is 10.2. The maximum absolute atomic E-state index is 11.3. The van der Waals surface area contributed by atoms with Crippen LogP contribution in [0.25, 0.3) is 0 Å². The molecule has 0 aromatic heterocycles. The van der Waals surface area contributed by atoms with Crippen LogP contribution in [0, 0.1) is 0 Å². The Morgan fingerprint density at radius 1 is 1.54 bits per heavy atom. The van der Waals surface area contributed by atoms with Crippen molar-refractivity contribution in [3.8, 4) is 0 Å². The fourth-order valence-electron chi connectivity index (χ4n) is 1.03. The molecule has 0 fully saturated rings. The second-order valence-corrected chi connectivity index (χ2v) is 3.41. The molecule has 0 bridgehead atoms. The average Bonchev–Trinajstić information content (AvgIpc) is 2.10. The van der Waals surface area contributed by atoms with E-state index in [1.165, 1.54) is 0 Å². The number of carbonyl (C=O) groups excluding carboxylic acids is 1. The van der Waals surface area contributed by atoms with Gasteiger partial charge in [0.05, 0.1) is 0 Å². The number of likely N-dealkylation sites (N-methyl/N-ethyl adjacent to an activating group) is 1. The van der Waals surface area contributed by atoms with Gasteiger partial charge in [-0.25, -0.2) is 0 Å². The number of hydrogen-bond acceptors (Lipinski definition) is 3. The highest BCUT2D eigenvalue weighted by atomic mass is 16.1. The molecule has 0 aromatic carbocycles. The lowest BCUT2D eigenvalue weighted by Gasteiger charge is -2.21. The molecule has 1 amide bonds. The summed E-state index contributed by atoms with van der Waals surface area (Å²) in [6.45, 7) is 3.31. The SMILES string of the molecule is CCCNC(=O)CC(CN)N(C)C. The smallest absolute Gasteiger partial charge is 0.221 e. The normalized spacial score (nSPS) is 13.0. The van der Waals surface area contributed by atoms with Crippen molar-refractivity contribution in [3.05, 3.63) is 0 Å². The van der Waals surface area contributed by atoms with E-state index in [0.29, 0.717) is 13.0 Å². The zero-order valence-corrected chi connectivity index (χ0v) is 8.84. The highest BCUT2D eigenvalue weighted by Crippen LogP contribution is 1.96. The number of amides is 1. The number of rotatable bonds is 6. The first-order valence-corrected chi connectivity index (χ1v) is 4.75. The van der Waals surface area contributed by atoms with Crippen molar-refractivity contribution in [1.29, 1.82) is 0 Å². The Morgan fingerprint density at radius 2 is 2.15 bits per heavy atom. The zero-order valence-electron chi connectivity index (χ0n) is 8.84. The Balaban J connectivity index is 3.73. The van der Waals surface area contributed by atoms with Crippen LogP contribution < -0.4 is 11.1 Å². The van der Waals surface area contributed by atoms with Crippen molar-refractivity contribution >= 4 is 5.91 Å². The molecule has 4 nitrogen and oxygen atoms in total. The fourth-order valence-corrected chi connectivity index (χ4v) is 1.03. The summed E-state index contributed by atoms with van der Waals surface area (Å²) in [7, 11) is 3.87. The third-order valence-electron chi connectivity index (χ3n) is 2.00. The summed E-state index contributed by atoms with van der Waals surface area (Å²) in [5.74, 6) is 0.0889. The van der Waals surface area contributed by atoms with Crippen LogP contribution in [-0.4, -0.2) is 44.0 Å². The van der Waals surface area contributed by atoms with E-state index in [1.807, 2.05) is 25.9 Å². The first-order valence-electron chi connectivity index (χ1n) is 4.75. The minimum absolute atomic E-state index is 0.0889. The van der Waals surface area contributed by atoms with E-state index in [4.69, 9.17) is 5.73 Å². The fraction of sp³-hybridized carbons (Fsp3) is 0.889. The number of nitrogens with one attached hydrogen (secondary N) is 1. The summed E-state index contributed by atoms with van der Waals surface area (Å²) in [6, 6.07) is 0.150. The van der Waals surface area contributed by atoms with Crippen molar-refractivity contribution in [1.82, 2.24) is 10.2 Å². The summed E-state index contributed by atoms with van der Waals surface area (Å²) in [5.41, 5.74) is 5.53. The molecular weight excluding hydrogens is 166 g/mol. The molecule has 0 aliphatic rings. The maximum atomic E-state index is 11.3. The Morgan fingerprint density at radius 3 is 2.54 bits per heavy atom. The van der Waals surface area contributed by atoms with E-state index in [9.17, 15) is 4.79 Å². The van der Waals surface area contributed by atoms with E-state index in [1.54, 1.807) is 0 Å². The van der Waals surface area contributed by atoms with Gasteiger partial charge in [-0.3, -0.25) is 4.79 Å². The minimum atomic E-state index is 0.0889. The van der Waals surface area contributed by atoms with E-state index in [-0.39, 0.29) is 11.9 Å². The predicted octanol–water partition coefficient (Wildman–Crippen LogP) is -0.208. The van der Waals surface area contributed by atoms with Gasteiger partial charge in [-0.2, -0.15) is 0 Å². The molecule has 0 aliphatic heterocycles. The third kappa shape index (κ3) is 5.60. The van der Waals surface area contributed by atoms with Gasteiger partial charge in [-0.05, 0) is 20.5 Å². The molecule has 0 saturated carbocycles. The lowest BCUT2D eigenvalue weighted by molar-refractivity contribution is -0.122. The Kier molecular flexibility index (Phi) is 6.54. The zero-order chi connectivity index (χ0) is 10.3. The van der Waals surface area contributed by atoms with Crippen molar-refractivity contribution in [2.75, 3.05) is 27.2 Å². The molecule has 1 atom stereocenters. The Bertz CT molecular complexity index is 148. The van der Waals surface area contributed by atoms with E-state index in [2.05, 4.69) is 5.32 Å². The van der Waals surface area contributed by atoms with Crippen LogP contribution in [0.4, 0.5) is 0 Å². The second kappa shape index (κ2) is 6.86. The van der Waals surface area contributed by atoms with Crippen LogP contribution in [0.2, 0.25) is 0 Å². The van der Waals surface area contributed by atoms with Crippen molar-refractivity contribution in [3.63, 3.8) is 0 Å². The molecule has 0 aromatic rings. The highest BCUT2D eigenvalue weighted by Gasteiger charge is 2.13. The number of carbonyl (C=O) groups is 1. The van der Waals surface area contributed by atoms with Gasteiger partial charge in [0.1, 0.15) is 0 Å². The van der Waals surface area contributed by atoms with Crippen molar-refractivity contribution < 1.29 is 4.79 Å². The molecule has 0 rings (SSSR count). The largest absolute Gasteiger partial charge is 0.356 e. The molecule has 13 heavy (non-hydrogen) atoms. The third-order valence-corrected chi connectivity index (χ3v) is 2.00. The maximum Gasteiger partial charge on any atom is 0.221 e. The monoisotopic (exact) mass is 187 g/mol. The molecular formula is C9H21N3O. The molecule has 3 N–H and O–H groups in total. The molecule has 1 unspecified atom stereocenters. The van der Waals surface area contributed by atoms with Crippen LogP contribution in [0.3, 0.4) is 0 Å². The lowest BCUT2D eigenvalue weighted by Crippen LogP contribution is -2.40. The second-order valence-electron chi connectivity index (χ2n) is 3.41. The van der Waals surface area contributed by atoms with Gasteiger partial charge in [0.2, 0.25) is 5.91 Å². The molecule has 0 saturated heterocycles. The first-order chi connectivity index (χ1) is 6.11. The number of nitrogens with zero attached hydrogens (tertiary/aromatic N) is 1. The van der Waals surface area contributed by atoms with Gasteiger partial charge in [-0.1, -0.05) is 6.92 Å². The van der Waals surface area contributed by atoms with Gasteiger partial charge in [-0.15, -0.1) is 0 Å². The van der Waals surface area contributed by atoms with Crippen LogP contribution in [0.5, 0.6) is 0 Å². The molecule has 78 valence electrons. The van der Waals surface area contributed by atoms with Gasteiger partial charge in [0.15, 0.2) is 0 Å². The molecule has 0 aliphatic carbocycles. The Labute approximate surface area is 80.5 Å². The quantitative estimate of drug-likeness (QED) is 0.605. The van der Waals surface area contributed by atoms with Crippen LogP contribution >= 0.6 is 0 Å². The van der Waals surface area contributed by atoms with Crippen molar-refractivity contribution in [2.24, 2.45) is 5.73 Å². The highest BCUT2D eigenvalue weighted by molar-refractivity contribution is 5.76. The van der Waals surface area contributed by atoms with E-state index < -0.39 is 0 Å². The molecule has 0 spiro atoms. The van der Waals surface area contributed by atoms with Gasteiger partial charge >= 0.3 is 0 Å². The first kappa shape index (κ1) is 12.4. The summed E-state index contributed by atoms with van der Waals surface area (Å²) in [4.78, 5) is 13.3. The van der Waals surface area contributed by atoms with Crippen LogP contribution in [0.1, 0.15) is 19.8 Å². The summed E-state index contributed by atoms with van der Waals surface area (Å²) < 4.78 is 0. The van der Waals surface area contributed by atoms with E-state index >= 15 is 0 Å². The summed E-state index contributed by atoms with van der Waals surface area (Å²) >= 11 is 0. The van der Waals surface area contributed by atoms with E-state index in [0.717, 1.165) is 13.0 Å². The number of nitrogens with two attached hydrogens (primary N) is 1. The van der Waals surface area contributed by atoms with Gasteiger partial charge < -0.3 is 16.0 Å². The molecule has 4 heteroatoms. The Hall–Kier alpha value is -0.610.